The molecule has 0 saturated heterocycles. The van der Waals surface area contributed by atoms with Crippen molar-refractivity contribution in [3.05, 3.63) is 23.7 Å². The van der Waals surface area contributed by atoms with Crippen molar-refractivity contribution in [2.45, 2.75) is 58.2 Å². The molecule has 0 fully saturated rings. The lowest BCUT2D eigenvalue weighted by Crippen LogP contribution is -2.14. The maximum absolute atomic E-state index is 5.82. The fourth-order valence-electron chi connectivity index (χ4n) is 2.03. The highest BCUT2D eigenvalue weighted by atomic mass is 16.7. The van der Waals surface area contributed by atoms with Gasteiger partial charge in [-0.15, -0.1) is 0 Å². The van der Waals surface area contributed by atoms with Crippen LogP contribution in [0.3, 0.4) is 0 Å². The van der Waals surface area contributed by atoms with E-state index in [0.717, 1.165) is 43.6 Å². The van der Waals surface area contributed by atoms with Gasteiger partial charge >= 0.3 is 0 Å². The van der Waals surface area contributed by atoms with Crippen LogP contribution in [0.15, 0.2) is 23.7 Å². The molecular formula is C13H20O2. The Bertz CT molecular complexity index is 240. The first-order chi connectivity index (χ1) is 7.38. The normalized spacial score (nSPS) is 20.4. The molecule has 0 bridgehead atoms. The largest absolute Gasteiger partial charge is 0.460 e. The molecule has 2 rings (SSSR count). The molecule has 0 unspecified atom stereocenters. The van der Waals surface area contributed by atoms with Gasteiger partial charge in [0.05, 0.1) is 11.5 Å². The van der Waals surface area contributed by atoms with Crippen LogP contribution in [0.4, 0.5) is 0 Å². The first-order valence-electron chi connectivity index (χ1n) is 6.10. The molecule has 0 spiro atoms. The van der Waals surface area contributed by atoms with Crippen molar-refractivity contribution < 1.29 is 9.47 Å². The summed E-state index contributed by atoms with van der Waals surface area (Å²) in [6.07, 6.45) is 12.2. The van der Waals surface area contributed by atoms with E-state index in [1.165, 1.54) is 12.8 Å². The summed E-state index contributed by atoms with van der Waals surface area (Å²) >= 11 is 0. The summed E-state index contributed by atoms with van der Waals surface area (Å²) in [5, 5.41) is 0. The molecule has 0 aromatic heterocycles. The van der Waals surface area contributed by atoms with Crippen LogP contribution in [0.25, 0.3) is 0 Å². The average Bonchev–Trinajstić information content (AvgIpc) is 2.89. The van der Waals surface area contributed by atoms with Gasteiger partial charge in [-0.05, 0) is 37.8 Å². The van der Waals surface area contributed by atoms with Crippen LogP contribution in [-0.2, 0) is 9.47 Å². The zero-order chi connectivity index (χ0) is 10.5. The molecule has 0 aromatic rings. The molecule has 0 N–H and O–H groups in total. The highest BCUT2D eigenvalue weighted by Gasteiger charge is 2.16. The number of ether oxygens (including phenoxy) is 2. The maximum atomic E-state index is 5.82. The molecule has 0 saturated carbocycles. The molecule has 0 heterocycles. The Morgan fingerprint density at radius 2 is 1.60 bits per heavy atom. The lowest BCUT2D eigenvalue weighted by molar-refractivity contribution is -0.0899. The summed E-state index contributed by atoms with van der Waals surface area (Å²) in [4.78, 5) is 0. The molecular weight excluding hydrogens is 188 g/mol. The van der Waals surface area contributed by atoms with E-state index < -0.39 is 0 Å². The van der Waals surface area contributed by atoms with Crippen LogP contribution < -0.4 is 0 Å². The first kappa shape index (κ1) is 10.6. The van der Waals surface area contributed by atoms with E-state index in [1.807, 2.05) is 0 Å². The minimum Gasteiger partial charge on any atom is -0.460 e. The van der Waals surface area contributed by atoms with E-state index in [2.05, 4.69) is 19.1 Å². The van der Waals surface area contributed by atoms with Crippen LogP contribution in [0, 0.1) is 0 Å². The van der Waals surface area contributed by atoms with E-state index in [1.54, 1.807) is 0 Å². The van der Waals surface area contributed by atoms with Gasteiger partial charge in [0.1, 0.15) is 0 Å². The van der Waals surface area contributed by atoms with Crippen molar-refractivity contribution in [1.82, 2.24) is 0 Å². The zero-order valence-electron chi connectivity index (χ0n) is 9.50. The van der Waals surface area contributed by atoms with Crippen LogP contribution in [0.5, 0.6) is 0 Å². The maximum Gasteiger partial charge on any atom is 0.239 e. The highest BCUT2D eigenvalue weighted by Crippen LogP contribution is 2.25. The van der Waals surface area contributed by atoms with Crippen LogP contribution >= 0.6 is 0 Å². The molecule has 2 heteroatoms. The SMILES string of the molecule is CCC(OC1=CCCC1)OC1=CCCC1. The predicted molar refractivity (Wildman–Crippen MR) is 60.1 cm³/mol. The van der Waals surface area contributed by atoms with Crippen molar-refractivity contribution in [3.8, 4) is 0 Å². The lowest BCUT2D eigenvalue weighted by atomic mass is 10.3. The zero-order valence-corrected chi connectivity index (χ0v) is 9.50. The molecule has 0 amide bonds. The van der Waals surface area contributed by atoms with Gasteiger partial charge in [0.15, 0.2) is 0 Å². The fourth-order valence-corrected chi connectivity index (χ4v) is 2.03. The van der Waals surface area contributed by atoms with Crippen molar-refractivity contribution in [1.29, 1.82) is 0 Å². The van der Waals surface area contributed by atoms with E-state index >= 15 is 0 Å². The number of rotatable bonds is 5. The van der Waals surface area contributed by atoms with Crippen molar-refractivity contribution in [2.24, 2.45) is 0 Å². The molecule has 2 nitrogen and oxygen atoms in total. The van der Waals surface area contributed by atoms with Crippen molar-refractivity contribution in [3.63, 3.8) is 0 Å². The van der Waals surface area contributed by atoms with Crippen LogP contribution in [0.2, 0.25) is 0 Å². The van der Waals surface area contributed by atoms with Gasteiger partial charge in [-0.2, -0.15) is 0 Å². The minimum absolute atomic E-state index is 0.0706. The van der Waals surface area contributed by atoms with E-state index in [9.17, 15) is 0 Å². The van der Waals surface area contributed by atoms with E-state index in [0.29, 0.717) is 0 Å². The van der Waals surface area contributed by atoms with Gasteiger partial charge in [-0.25, -0.2) is 0 Å². The van der Waals surface area contributed by atoms with Gasteiger partial charge in [-0.1, -0.05) is 6.92 Å². The molecule has 0 radical (unpaired) electrons. The predicted octanol–water partition coefficient (Wildman–Crippen LogP) is 3.89. The van der Waals surface area contributed by atoms with Gasteiger partial charge in [0.2, 0.25) is 6.29 Å². The summed E-state index contributed by atoms with van der Waals surface area (Å²) in [5.41, 5.74) is 0. The second-order valence-electron chi connectivity index (χ2n) is 4.20. The van der Waals surface area contributed by atoms with Gasteiger partial charge in [0, 0.05) is 19.3 Å². The van der Waals surface area contributed by atoms with E-state index in [-0.39, 0.29) is 6.29 Å². The van der Waals surface area contributed by atoms with Crippen LogP contribution in [-0.4, -0.2) is 6.29 Å². The Morgan fingerprint density at radius 1 is 1.07 bits per heavy atom. The summed E-state index contributed by atoms with van der Waals surface area (Å²) in [7, 11) is 0. The third kappa shape index (κ3) is 3.01. The number of allylic oxidation sites excluding steroid dienone is 4. The minimum atomic E-state index is -0.0706. The average molecular weight is 208 g/mol. The Kier molecular flexibility index (Phi) is 3.70. The second-order valence-corrected chi connectivity index (χ2v) is 4.20. The summed E-state index contributed by atoms with van der Waals surface area (Å²) in [6, 6.07) is 0. The van der Waals surface area contributed by atoms with Gasteiger partial charge in [0.25, 0.3) is 0 Å². The third-order valence-corrected chi connectivity index (χ3v) is 2.90. The Hall–Kier alpha value is -0.920. The summed E-state index contributed by atoms with van der Waals surface area (Å²) < 4.78 is 11.6. The molecule has 15 heavy (non-hydrogen) atoms. The lowest BCUT2D eigenvalue weighted by Gasteiger charge is -2.20. The number of hydrogen-bond donors (Lipinski definition) is 0. The van der Waals surface area contributed by atoms with Crippen molar-refractivity contribution >= 4 is 0 Å². The van der Waals surface area contributed by atoms with Crippen molar-refractivity contribution in [2.75, 3.05) is 0 Å². The Labute approximate surface area is 92.0 Å². The second kappa shape index (κ2) is 5.24. The third-order valence-electron chi connectivity index (χ3n) is 2.90. The Balaban J connectivity index is 1.81. The Morgan fingerprint density at radius 3 is 1.93 bits per heavy atom. The van der Waals surface area contributed by atoms with E-state index in [4.69, 9.17) is 9.47 Å². The van der Waals surface area contributed by atoms with Gasteiger partial charge in [-0.3, -0.25) is 0 Å². The summed E-state index contributed by atoms with van der Waals surface area (Å²) in [6.45, 7) is 2.11. The smallest absolute Gasteiger partial charge is 0.239 e. The molecule has 84 valence electrons. The molecule has 0 atom stereocenters. The van der Waals surface area contributed by atoms with Gasteiger partial charge < -0.3 is 9.47 Å². The molecule has 2 aliphatic rings. The molecule has 0 aliphatic heterocycles. The fraction of sp³-hybridized carbons (Fsp3) is 0.692. The first-order valence-corrected chi connectivity index (χ1v) is 6.10. The molecule has 0 aromatic carbocycles. The number of hydrogen-bond acceptors (Lipinski definition) is 2. The topological polar surface area (TPSA) is 18.5 Å². The molecule has 2 aliphatic carbocycles. The summed E-state index contributed by atoms with van der Waals surface area (Å²) in [5.74, 6) is 2.25. The standard InChI is InChI=1S/C13H20O2/c1-2-13(14-11-7-3-4-8-11)15-12-9-5-6-10-12/h7,9,13H,2-6,8,10H2,1H3. The quantitative estimate of drug-likeness (QED) is 0.638. The monoisotopic (exact) mass is 208 g/mol. The highest BCUT2D eigenvalue weighted by molar-refractivity contribution is 5.01. The van der Waals surface area contributed by atoms with Crippen LogP contribution in [0.1, 0.15) is 51.9 Å².